The summed E-state index contributed by atoms with van der Waals surface area (Å²) in [4.78, 5) is 12.1. The molecule has 0 atom stereocenters. The van der Waals surface area contributed by atoms with Gasteiger partial charge in [0.1, 0.15) is 0 Å². The number of carbonyl (C=O) groups excluding carboxylic acids is 1. The summed E-state index contributed by atoms with van der Waals surface area (Å²) in [6, 6.07) is 16.0. The van der Waals surface area contributed by atoms with E-state index >= 15 is 0 Å². The van der Waals surface area contributed by atoms with Gasteiger partial charge in [-0.2, -0.15) is 0 Å². The zero-order valence-electron chi connectivity index (χ0n) is 11.5. The van der Waals surface area contributed by atoms with E-state index in [-0.39, 0.29) is 5.91 Å². The van der Waals surface area contributed by atoms with Gasteiger partial charge in [-0.1, -0.05) is 46.3 Å². The van der Waals surface area contributed by atoms with Crippen molar-refractivity contribution >= 4 is 21.8 Å². The summed E-state index contributed by atoms with van der Waals surface area (Å²) in [6.07, 6.45) is 1.94. The second-order valence-electron chi connectivity index (χ2n) is 4.80. The van der Waals surface area contributed by atoms with Crippen molar-refractivity contribution in [2.75, 3.05) is 6.54 Å². The van der Waals surface area contributed by atoms with Crippen LogP contribution in [0.2, 0.25) is 0 Å². The Bertz CT molecular complexity index is 581. The fourth-order valence-electron chi connectivity index (χ4n) is 2.12. The van der Waals surface area contributed by atoms with Crippen LogP contribution in [0.4, 0.5) is 0 Å². The molecule has 0 saturated heterocycles. The van der Waals surface area contributed by atoms with Crippen LogP contribution < -0.4 is 5.32 Å². The molecule has 3 heteroatoms. The van der Waals surface area contributed by atoms with Gasteiger partial charge in [0.2, 0.25) is 0 Å². The van der Waals surface area contributed by atoms with Crippen LogP contribution in [0.5, 0.6) is 0 Å². The third-order valence-electron chi connectivity index (χ3n) is 3.20. The molecule has 0 saturated carbocycles. The summed E-state index contributed by atoms with van der Waals surface area (Å²) in [5.74, 6) is 0.00283. The van der Waals surface area contributed by atoms with Crippen molar-refractivity contribution in [2.24, 2.45) is 0 Å². The molecule has 0 bridgehead atoms. The van der Waals surface area contributed by atoms with Gasteiger partial charge in [-0.25, -0.2) is 0 Å². The lowest BCUT2D eigenvalue weighted by Crippen LogP contribution is -2.25. The van der Waals surface area contributed by atoms with E-state index in [0.29, 0.717) is 6.54 Å². The number of hydrogen-bond donors (Lipinski definition) is 1. The highest BCUT2D eigenvalue weighted by atomic mass is 79.9. The molecule has 1 N–H and O–H groups in total. The number of amides is 1. The fraction of sp³-hybridized carbons (Fsp3) is 0.235. The maximum atomic E-state index is 12.1. The topological polar surface area (TPSA) is 29.1 Å². The highest BCUT2D eigenvalue weighted by Crippen LogP contribution is 2.15. The van der Waals surface area contributed by atoms with Crippen LogP contribution in [0.1, 0.15) is 27.9 Å². The zero-order valence-corrected chi connectivity index (χ0v) is 13.1. The first kappa shape index (κ1) is 14.8. The van der Waals surface area contributed by atoms with Gasteiger partial charge in [-0.15, -0.1) is 0 Å². The van der Waals surface area contributed by atoms with Crippen LogP contribution in [0.3, 0.4) is 0 Å². The molecule has 104 valence electrons. The van der Waals surface area contributed by atoms with Crippen molar-refractivity contribution in [3.8, 4) is 0 Å². The van der Waals surface area contributed by atoms with Crippen LogP contribution in [0, 0.1) is 6.92 Å². The molecule has 0 unspecified atom stereocenters. The van der Waals surface area contributed by atoms with Gasteiger partial charge >= 0.3 is 0 Å². The Morgan fingerprint density at radius 2 is 1.90 bits per heavy atom. The third kappa shape index (κ3) is 4.20. The Labute approximate surface area is 128 Å². The van der Waals surface area contributed by atoms with E-state index in [1.165, 1.54) is 5.56 Å². The molecule has 2 nitrogen and oxygen atoms in total. The molecule has 0 aliphatic heterocycles. The quantitative estimate of drug-likeness (QED) is 0.820. The summed E-state index contributed by atoms with van der Waals surface area (Å²) in [5.41, 5.74) is 3.04. The predicted octanol–water partition coefficient (Wildman–Crippen LogP) is 4.12. The van der Waals surface area contributed by atoms with Crippen molar-refractivity contribution in [3.63, 3.8) is 0 Å². The highest BCUT2D eigenvalue weighted by Gasteiger charge is 2.08. The molecule has 2 rings (SSSR count). The lowest BCUT2D eigenvalue weighted by molar-refractivity contribution is 0.0952. The number of rotatable bonds is 5. The lowest BCUT2D eigenvalue weighted by atomic mass is 10.1. The molecule has 0 heterocycles. The number of aryl methyl sites for hydroxylation is 2. The minimum absolute atomic E-state index is 0.00283. The van der Waals surface area contributed by atoms with Crippen LogP contribution in [0.25, 0.3) is 0 Å². The average Bonchev–Trinajstić information content (AvgIpc) is 2.44. The number of carbonyl (C=O) groups is 1. The number of halogens is 1. The molecule has 0 radical (unpaired) electrons. The van der Waals surface area contributed by atoms with E-state index in [0.717, 1.165) is 28.4 Å². The van der Waals surface area contributed by atoms with E-state index in [1.807, 2.05) is 43.3 Å². The molecule has 0 aromatic heterocycles. The second-order valence-corrected chi connectivity index (χ2v) is 5.72. The van der Waals surface area contributed by atoms with Crippen molar-refractivity contribution in [1.82, 2.24) is 5.32 Å². The maximum absolute atomic E-state index is 12.1. The van der Waals surface area contributed by atoms with Gasteiger partial charge in [0.15, 0.2) is 0 Å². The Morgan fingerprint density at radius 3 is 2.60 bits per heavy atom. The number of hydrogen-bond acceptors (Lipinski definition) is 1. The van der Waals surface area contributed by atoms with Crippen molar-refractivity contribution < 1.29 is 4.79 Å². The summed E-state index contributed by atoms with van der Waals surface area (Å²) in [7, 11) is 0. The normalized spacial score (nSPS) is 10.3. The van der Waals surface area contributed by atoms with E-state index < -0.39 is 0 Å². The lowest BCUT2D eigenvalue weighted by Gasteiger charge is -2.08. The second kappa shape index (κ2) is 7.25. The molecule has 2 aromatic carbocycles. The predicted molar refractivity (Wildman–Crippen MR) is 86.0 cm³/mol. The molecule has 0 aliphatic rings. The van der Waals surface area contributed by atoms with Gasteiger partial charge < -0.3 is 5.32 Å². The van der Waals surface area contributed by atoms with Crippen LogP contribution in [-0.4, -0.2) is 12.5 Å². The van der Waals surface area contributed by atoms with Crippen LogP contribution >= 0.6 is 15.9 Å². The van der Waals surface area contributed by atoms with Crippen molar-refractivity contribution in [3.05, 3.63) is 69.7 Å². The molecule has 0 fully saturated rings. The first-order chi connectivity index (χ1) is 9.66. The summed E-state index contributed by atoms with van der Waals surface area (Å²) in [5, 5.41) is 2.98. The Kier molecular flexibility index (Phi) is 5.36. The number of nitrogens with one attached hydrogen (secondary N) is 1. The van der Waals surface area contributed by atoms with E-state index in [9.17, 15) is 4.79 Å². The summed E-state index contributed by atoms with van der Waals surface area (Å²) >= 11 is 3.40. The Morgan fingerprint density at radius 1 is 1.15 bits per heavy atom. The summed E-state index contributed by atoms with van der Waals surface area (Å²) < 4.78 is 0.996. The zero-order chi connectivity index (χ0) is 14.4. The maximum Gasteiger partial charge on any atom is 0.251 e. The SMILES string of the molecule is Cc1cc(Br)ccc1C(=O)NCCCc1ccccc1. The first-order valence-electron chi connectivity index (χ1n) is 6.75. The molecule has 1 amide bonds. The van der Waals surface area contributed by atoms with E-state index in [2.05, 4.69) is 33.4 Å². The van der Waals surface area contributed by atoms with Gasteiger partial charge in [0.05, 0.1) is 0 Å². The van der Waals surface area contributed by atoms with Crippen molar-refractivity contribution in [2.45, 2.75) is 19.8 Å². The third-order valence-corrected chi connectivity index (χ3v) is 3.70. The minimum atomic E-state index is 0.00283. The monoisotopic (exact) mass is 331 g/mol. The van der Waals surface area contributed by atoms with E-state index in [4.69, 9.17) is 0 Å². The standard InChI is InChI=1S/C17H18BrNO/c1-13-12-15(18)9-10-16(13)17(20)19-11-5-8-14-6-3-2-4-7-14/h2-4,6-7,9-10,12H,5,8,11H2,1H3,(H,19,20). The molecule has 2 aromatic rings. The van der Waals surface area contributed by atoms with Crippen molar-refractivity contribution in [1.29, 1.82) is 0 Å². The largest absolute Gasteiger partial charge is 0.352 e. The van der Waals surface area contributed by atoms with Gasteiger partial charge in [0, 0.05) is 16.6 Å². The molecular formula is C17H18BrNO. The van der Waals surface area contributed by atoms with Gasteiger partial charge in [-0.05, 0) is 49.1 Å². The van der Waals surface area contributed by atoms with Gasteiger partial charge in [-0.3, -0.25) is 4.79 Å². The highest BCUT2D eigenvalue weighted by molar-refractivity contribution is 9.10. The Hall–Kier alpha value is -1.61. The first-order valence-corrected chi connectivity index (χ1v) is 7.54. The van der Waals surface area contributed by atoms with Crippen LogP contribution in [0.15, 0.2) is 53.0 Å². The molecule has 0 aliphatic carbocycles. The molecule has 20 heavy (non-hydrogen) atoms. The smallest absolute Gasteiger partial charge is 0.251 e. The molecule has 0 spiro atoms. The fourth-order valence-corrected chi connectivity index (χ4v) is 2.59. The Balaban J connectivity index is 1.80. The summed E-state index contributed by atoms with van der Waals surface area (Å²) in [6.45, 7) is 2.65. The van der Waals surface area contributed by atoms with Gasteiger partial charge in [0.25, 0.3) is 5.91 Å². The minimum Gasteiger partial charge on any atom is -0.352 e. The van der Waals surface area contributed by atoms with E-state index in [1.54, 1.807) is 0 Å². The average molecular weight is 332 g/mol. The number of benzene rings is 2. The van der Waals surface area contributed by atoms with Crippen LogP contribution in [-0.2, 0) is 6.42 Å². The molecular weight excluding hydrogens is 314 g/mol.